The number of likely N-dealkylation sites (N-methyl/N-ethyl adjacent to an activating group) is 1. The van der Waals surface area contributed by atoms with E-state index in [-0.39, 0.29) is 11.9 Å². The summed E-state index contributed by atoms with van der Waals surface area (Å²) in [4.78, 5) is 2.02. The predicted molar refractivity (Wildman–Crippen MR) is 73.5 cm³/mol. The number of halogens is 1. The van der Waals surface area contributed by atoms with Gasteiger partial charge in [-0.15, -0.1) is 0 Å². The molecule has 1 rings (SSSR count). The van der Waals surface area contributed by atoms with Gasteiger partial charge in [-0.25, -0.2) is 4.39 Å². The zero-order valence-corrected chi connectivity index (χ0v) is 11.7. The van der Waals surface area contributed by atoms with Gasteiger partial charge in [0.25, 0.3) is 0 Å². The number of hydrogen-bond donors (Lipinski definition) is 1. The van der Waals surface area contributed by atoms with Crippen LogP contribution in [0.2, 0.25) is 0 Å². The summed E-state index contributed by atoms with van der Waals surface area (Å²) in [5, 5.41) is 3.02. The molecule has 0 bridgehead atoms. The molecule has 0 aliphatic heterocycles. The normalized spacial score (nSPS) is 12.5. The number of ether oxygens (including phenoxy) is 1. The summed E-state index contributed by atoms with van der Waals surface area (Å²) in [6, 6.07) is 5.55. The Morgan fingerprint density at radius 2 is 2.17 bits per heavy atom. The minimum atomic E-state index is -0.174. The van der Waals surface area contributed by atoms with Gasteiger partial charge in [0, 0.05) is 26.2 Å². The van der Waals surface area contributed by atoms with E-state index in [1.165, 1.54) is 0 Å². The van der Waals surface area contributed by atoms with Gasteiger partial charge in [0.1, 0.15) is 5.82 Å². The Morgan fingerprint density at radius 1 is 1.44 bits per heavy atom. The van der Waals surface area contributed by atoms with Crippen LogP contribution in [0.25, 0.3) is 0 Å². The third-order valence-corrected chi connectivity index (χ3v) is 2.98. The number of benzene rings is 1. The molecule has 3 nitrogen and oxygen atoms in total. The third kappa shape index (κ3) is 3.68. The van der Waals surface area contributed by atoms with Gasteiger partial charge < -0.3 is 15.0 Å². The van der Waals surface area contributed by atoms with Crippen LogP contribution < -0.4 is 10.2 Å². The van der Waals surface area contributed by atoms with Gasteiger partial charge in [-0.2, -0.15) is 0 Å². The van der Waals surface area contributed by atoms with E-state index in [1.54, 1.807) is 13.2 Å². The second kappa shape index (κ2) is 7.34. The minimum absolute atomic E-state index is 0.157. The maximum Gasteiger partial charge on any atom is 0.146 e. The number of rotatable bonds is 7. The van der Waals surface area contributed by atoms with Crippen LogP contribution in [-0.2, 0) is 11.3 Å². The van der Waals surface area contributed by atoms with Crippen molar-refractivity contribution < 1.29 is 9.13 Å². The van der Waals surface area contributed by atoms with Crippen molar-refractivity contribution in [3.63, 3.8) is 0 Å². The molecule has 4 heteroatoms. The molecule has 0 aliphatic rings. The molecule has 1 N–H and O–H groups in total. The van der Waals surface area contributed by atoms with Crippen molar-refractivity contribution in [3.05, 3.63) is 29.6 Å². The lowest BCUT2D eigenvalue weighted by Crippen LogP contribution is -2.36. The fourth-order valence-corrected chi connectivity index (χ4v) is 2.15. The molecule has 0 spiro atoms. The Balaban J connectivity index is 2.92. The lowest BCUT2D eigenvalue weighted by Gasteiger charge is -2.30. The van der Waals surface area contributed by atoms with E-state index in [2.05, 4.69) is 5.32 Å². The van der Waals surface area contributed by atoms with Gasteiger partial charge in [0.2, 0.25) is 0 Å². The maximum atomic E-state index is 14.1. The predicted octanol–water partition coefficient (Wildman–Crippen LogP) is 2.41. The largest absolute Gasteiger partial charge is 0.383 e. The van der Waals surface area contributed by atoms with Crippen LogP contribution in [-0.4, -0.2) is 33.4 Å². The quantitative estimate of drug-likeness (QED) is 0.808. The third-order valence-electron chi connectivity index (χ3n) is 2.98. The maximum absolute atomic E-state index is 14.1. The first kappa shape index (κ1) is 14.9. The summed E-state index contributed by atoms with van der Waals surface area (Å²) in [5.41, 5.74) is 1.59. The summed E-state index contributed by atoms with van der Waals surface area (Å²) in [7, 11) is 3.52. The molecule has 0 saturated heterocycles. The average molecular weight is 254 g/mol. The van der Waals surface area contributed by atoms with Crippen molar-refractivity contribution in [2.75, 3.05) is 32.2 Å². The smallest absolute Gasteiger partial charge is 0.146 e. The summed E-state index contributed by atoms with van der Waals surface area (Å²) < 4.78 is 19.2. The molecule has 0 heterocycles. The molecule has 0 fully saturated rings. The highest BCUT2D eigenvalue weighted by atomic mass is 19.1. The van der Waals surface area contributed by atoms with Gasteiger partial charge in [0.05, 0.1) is 12.3 Å². The Kier molecular flexibility index (Phi) is 6.09. The van der Waals surface area contributed by atoms with Gasteiger partial charge in [-0.05, 0) is 38.6 Å². The Hall–Kier alpha value is -1.13. The molecule has 0 radical (unpaired) electrons. The van der Waals surface area contributed by atoms with Crippen LogP contribution in [0.5, 0.6) is 0 Å². The topological polar surface area (TPSA) is 24.5 Å². The zero-order valence-electron chi connectivity index (χ0n) is 11.7. The highest BCUT2D eigenvalue weighted by molar-refractivity contribution is 5.50. The van der Waals surface area contributed by atoms with Crippen LogP contribution in [0, 0.1) is 5.82 Å². The molecule has 0 aromatic heterocycles. The van der Waals surface area contributed by atoms with Crippen molar-refractivity contribution in [1.82, 2.24) is 5.32 Å². The average Bonchev–Trinajstić information content (AvgIpc) is 2.33. The van der Waals surface area contributed by atoms with Gasteiger partial charge >= 0.3 is 0 Å². The molecule has 1 atom stereocenters. The van der Waals surface area contributed by atoms with E-state index in [4.69, 9.17) is 4.74 Å². The Bertz CT molecular complexity index is 371. The monoisotopic (exact) mass is 254 g/mol. The lowest BCUT2D eigenvalue weighted by molar-refractivity contribution is 0.181. The molecular weight excluding hydrogens is 231 g/mol. The van der Waals surface area contributed by atoms with E-state index in [0.29, 0.717) is 18.8 Å². The summed E-state index contributed by atoms with van der Waals surface area (Å²) in [5.74, 6) is -0.174. The molecule has 0 amide bonds. The van der Waals surface area contributed by atoms with E-state index in [9.17, 15) is 4.39 Å². The highest BCUT2D eigenvalue weighted by Gasteiger charge is 2.16. The first-order valence-corrected chi connectivity index (χ1v) is 6.32. The molecule has 0 aliphatic carbocycles. The van der Waals surface area contributed by atoms with Gasteiger partial charge in [-0.3, -0.25) is 0 Å². The summed E-state index contributed by atoms with van der Waals surface area (Å²) >= 11 is 0. The molecule has 0 saturated carbocycles. The van der Waals surface area contributed by atoms with Crippen molar-refractivity contribution in [1.29, 1.82) is 0 Å². The number of methoxy groups -OCH3 is 1. The van der Waals surface area contributed by atoms with Crippen LogP contribution >= 0.6 is 0 Å². The summed E-state index contributed by atoms with van der Waals surface area (Å²) in [6.07, 6.45) is 0. The van der Waals surface area contributed by atoms with E-state index < -0.39 is 0 Å². The Labute approximate surface area is 109 Å². The first-order chi connectivity index (χ1) is 8.63. The van der Waals surface area contributed by atoms with Crippen molar-refractivity contribution in [2.24, 2.45) is 0 Å². The van der Waals surface area contributed by atoms with Crippen LogP contribution in [0.1, 0.15) is 19.4 Å². The Morgan fingerprint density at radius 3 is 2.67 bits per heavy atom. The van der Waals surface area contributed by atoms with Crippen molar-refractivity contribution >= 4 is 5.69 Å². The van der Waals surface area contributed by atoms with Gasteiger partial charge in [-0.1, -0.05) is 6.07 Å². The van der Waals surface area contributed by atoms with Crippen molar-refractivity contribution in [2.45, 2.75) is 26.4 Å². The molecule has 102 valence electrons. The minimum Gasteiger partial charge on any atom is -0.383 e. The van der Waals surface area contributed by atoms with E-state index in [0.717, 1.165) is 12.1 Å². The molecular formula is C14H23FN2O. The van der Waals surface area contributed by atoms with Crippen molar-refractivity contribution in [3.8, 4) is 0 Å². The second-order valence-corrected chi connectivity index (χ2v) is 4.41. The fraction of sp³-hybridized carbons (Fsp3) is 0.571. The summed E-state index contributed by atoms with van der Waals surface area (Å²) in [6.45, 7) is 6.08. The zero-order chi connectivity index (χ0) is 13.5. The molecule has 18 heavy (non-hydrogen) atoms. The number of nitrogens with one attached hydrogen (secondary N) is 1. The standard InChI is InChI=1S/C14H23FN2O/c1-5-17(11(2)10-18-4)14-7-6-12(9-16-3)8-13(14)15/h6-8,11,16H,5,9-10H2,1-4H3. The first-order valence-electron chi connectivity index (χ1n) is 6.32. The van der Waals surface area contributed by atoms with Crippen LogP contribution in [0.3, 0.4) is 0 Å². The van der Waals surface area contributed by atoms with Crippen LogP contribution in [0.4, 0.5) is 10.1 Å². The SMILES string of the molecule is CCN(c1ccc(CNC)cc1F)C(C)COC. The lowest BCUT2D eigenvalue weighted by atomic mass is 10.1. The second-order valence-electron chi connectivity index (χ2n) is 4.41. The number of nitrogens with zero attached hydrogens (tertiary/aromatic N) is 1. The van der Waals surface area contributed by atoms with Crippen LogP contribution in [0.15, 0.2) is 18.2 Å². The van der Waals surface area contributed by atoms with E-state index in [1.807, 2.05) is 37.9 Å². The van der Waals surface area contributed by atoms with Gasteiger partial charge in [0.15, 0.2) is 0 Å². The number of hydrogen-bond acceptors (Lipinski definition) is 3. The molecule has 1 aromatic rings. The number of anilines is 1. The highest BCUT2D eigenvalue weighted by Crippen LogP contribution is 2.22. The molecule has 1 aromatic carbocycles. The molecule has 1 unspecified atom stereocenters. The van der Waals surface area contributed by atoms with E-state index >= 15 is 0 Å². The fourth-order valence-electron chi connectivity index (χ4n) is 2.15.